The third-order valence-corrected chi connectivity index (χ3v) is 6.20. The predicted molar refractivity (Wildman–Crippen MR) is 128 cm³/mol. The van der Waals surface area contributed by atoms with E-state index in [1.165, 1.54) is 24.3 Å². The molecule has 3 amide bonds. The van der Waals surface area contributed by atoms with Gasteiger partial charge in [-0.1, -0.05) is 26.0 Å². The second-order valence-corrected chi connectivity index (χ2v) is 9.58. The van der Waals surface area contributed by atoms with Crippen LogP contribution in [0.4, 0.5) is 11.4 Å². The molecule has 0 unspecified atom stereocenters. The highest BCUT2D eigenvalue weighted by Gasteiger charge is 2.43. The number of anilines is 1. The summed E-state index contributed by atoms with van der Waals surface area (Å²) in [5.41, 5.74) is 0.436. The van der Waals surface area contributed by atoms with Gasteiger partial charge in [-0.05, 0) is 56.3 Å². The van der Waals surface area contributed by atoms with E-state index in [0.717, 1.165) is 4.90 Å². The fourth-order valence-electron chi connectivity index (χ4n) is 3.44. The highest BCUT2D eigenvalue weighted by atomic mass is 79.9. The van der Waals surface area contributed by atoms with Crippen LogP contribution >= 0.6 is 31.9 Å². The lowest BCUT2D eigenvalue weighted by Gasteiger charge is -2.25. The molecule has 2 aromatic rings. The largest absolute Gasteiger partial charge is 0.454 e. The van der Waals surface area contributed by atoms with Gasteiger partial charge in [0.1, 0.15) is 6.04 Å². The third kappa shape index (κ3) is 5.33. The van der Waals surface area contributed by atoms with E-state index in [1.54, 1.807) is 12.1 Å². The Kier molecular flexibility index (Phi) is 7.82. The van der Waals surface area contributed by atoms with Gasteiger partial charge in [-0.25, -0.2) is 4.79 Å². The number of benzene rings is 2. The summed E-state index contributed by atoms with van der Waals surface area (Å²) in [4.78, 5) is 62.2. The molecule has 0 aromatic heterocycles. The summed E-state index contributed by atoms with van der Waals surface area (Å²) in [6, 6.07) is 7.52. The smallest absolute Gasteiger partial charge is 0.329 e. The number of halogens is 2. The van der Waals surface area contributed by atoms with Crippen LogP contribution in [0, 0.1) is 16.0 Å². The van der Waals surface area contributed by atoms with Crippen LogP contribution in [-0.4, -0.2) is 46.2 Å². The van der Waals surface area contributed by atoms with Crippen molar-refractivity contribution in [3.8, 4) is 0 Å². The van der Waals surface area contributed by atoms with Crippen molar-refractivity contribution in [2.75, 3.05) is 11.9 Å². The Labute approximate surface area is 211 Å². The molecule has 34 heavy (non-hydrogen) atoms. The first-order chi connectivity index (χ1) is 16.0. The summed E-state index contributed by atoms with van der Waals surface area (Å²) < 4.78 is 5.65. The molecule has 0 aliphatic carbocycles. The summed E-state index contributed by atoms with van der Waals surface area (Å²) in [7, 11) is 0. The van der Waals surface area contributed by atoms with E-state index in [1.807, 2.05) is 13.8 Å². The van der Waals surface area contributed by atoms with Crippen molar-refractivity contribution >= 4 is 66.9 Å². The van der Waals surface area contributed by atoms with Crippen LogP contribution in [-0.2, 0) is 14.3 Å². The van der Waals surface area contributed by atoms with E-state index in [4.69, 9.17) is 4.74 Å². The lowest BCUT2D eigenvalue weighted by Crippen LogP contribution is -2.46. The van der Waals surface area contributed by atoms with Crippen LogP contribution in [0.1, 0.15) is 41.0 Å². The topological polar surface area (TPSA) is 136 Å². The quantitative estimate of drug-likeness (QED) is 0.207. The van der Waals surface area contributed by atoms with Gasteiger partial charge < -0.3 is 10.1 Å². The Morgan fingerprint density at radius 1 is 1.09 bits per heavy atom. The first-order valence-electron chi connectivity index (χ1n) is 10.1. The number of carbonyl (C=O) groups excluding carboxylic acids is 4. The van der Waals surface area contributed by atoms with Gasteiger partial charge in [-0.3, -0.25) is 29.4 Å². The minimum Gasteiger partial charge on any atom is -0.454 e. The fraction of sp³-hybridized carbons (Fsp3) is 0.273. The number of rotatable bonds is 8. The summed E-state index contributed by atoms with van der Waals surface area (Å²) in [6.45, 7) is 2.97. The minimum absolute atomic E-state index is 0.0530. The molecule has 12 heteroatoms. The lowest BCUT2D eigenvalue weighted by molar-refractivity contribution is -0.385. The second-order valence-electron chi connectivity index (χ2n) is 7.87. The van der Waals surface area contributed by atoms with E-state index < -0.39 is 41.3 Å². The molecule has 1 aliphatic heterocycles. The van der Waals surface area contributed by atoms with E-state index in [0.29, 0.717) is 0 Å². The highest BCUT2D eigenvalue weighted by molar-refractivity contribution is 9.11. The Hall–Kier alpha value is -3.12. The number of carbonyl (C=O) groups is 4. The zero-order valence-corrected chi connectivity index (χ0v) is 21.2. The number of nitrogens with zero attached hydrogens (tertiary/aromatic N) is 2. The molecule has 0 radical (unpaired) electrons. The average Bonchev–Trinajstić information content (AvgIpc) is 3.03. The van der Waals surface area contributed by atoms with Gasteiger partial charge in [-0.15, -0.1) is 0 Å². The minimum atomic E-state index is -1.20. The van der Waals surface area contributed by atoms with Crippen molar-refractivity contribution in [1.29, 1.82) is 0 Å². The van der Waals surface area contributed by atoms with Crippen molar-refractivity contribution in [2.45, 2.75) is 26.3 Å². The Morgan fingerprint density at radius 3 is 2.09 bits per heavy atom. The normalized spacial score (nSPS) is 13.6. The highest BCUT2D eigenvalue weighted by Crippen LogP contribution is 2.35. The van der Waals surface area contributed by atoms with Gasteiger partial charge in [0.05, 0.1) is 21.7 Å². The van der Waals surface area contributed by atoms with Gasteiger partial charge in [-0.2, -0.15) is 0 Å². The molecule has 1 aliphatic rings. The number of amides is 3. The molecule has 10 nitrogen and oxygen atoms in total. The fourth-order valence-corrected chi connectivity index (χ4v) is 4.80. The van der Waals surface area contributed by atoms with E-state index in [-0.39, 0.29) is 43.8 Å². The zero-order valence-electron chi connectivity index (χ0n) is 18.0. The maximum atomic E-state index is 12.9. The molecule has 178 valence electrons. The Bertz CT molecular complexity index is 1140. The molecule has 1 N–H and O–H groups in total. The van der Waals surface area contributed by atoms with Crippen LogP contribution in [0.2, 0.25) is 0 Å². The van der Waals surface area contributed by atoms with Crippen LogP contribution in [0.3, 0.4) is 0 Å². The molecule has 2 aromatic carbocycles. The monoisotopic (exact) mass is 595 g/mol. The summed E-state index contributed by atoms with van der Waals surface area (Å²) in [5.74, 6) is -2.84. The van der Waals surface area contributed by atoms with Gasteiger partial charge in [0, 0.05) is 21.1 Å². The zero-order chi connectivity index (χ0) is 25.2. The molecule has 0 fully saturated rings. The number of fused-ring (bicyclic) bond motifs is 1. The average molecular weight is 597 g/mol. The molecule has 1 heterocycles. The molecule has 3 rings (SSSR count). The van der Waals surface area contributed by atoms with Crippen molar-refractivity contribution < 1.29 is 28.8 Å². The SMILES string of the molecule is CC(C)C[C@@H](C(=O)OCC(=O)Nc1c(Br)cc([N+](=O)[O-])cc1Br)N1C(=O)c2ccccc2C1=O. The van der Waals surface area contributed by atoms with Gasteiger partial charge in [0.25, 0.3) is 23.4 Å². The van der Waals surface area contributed by atoms with Crippen LogP contribution in [0.5, 0.6) is 0 Å². The molecule has 0 saturated heterocycles. The predicted octanol–water partition coefficient (Wildman–Crippen LogP) is 4.31. The molecular weight excluding hydrogens is 578 g/mol. The Morgan fingerprint density at radius 2 is 1.62 bits per heavy atom. The van der Waals surface area contributed by atoms with E-state index >= 15 is 0 Å². The maximum absolute atomic E-state index is 12.9. The summed E-state index contributed by atoms with van der Waals surface area (Å²) >= 11 is 6.32. The number of ether oxygens (including phenoxy) is 1. The number of non-ortho nitro benzene ring substituents is 1. The second kappa shape index (κ2) is 10.4. The van der Waals surface area contributed by atoms with Gasteiger partial charge in [0.15, 0.2) is 6.61 Å². The number of imide groups is 1. The van der Waals surface area contributed by atoms with Crippen molar-refractivity contribution in [3.05, 3.63) is 66.6 Å². The standard InChI is InChI=1S/C22H19Br2N3O7/c1-11(2)7-17(26-20(29)13-5-3-4-6-14(13)21(26)30)22(31)34-10-18(28)25-19-15(23)8-12(27(32)33)9-16(19)24/h3-6,8-9,11,17H,7,10H2,1-2H3,(H,25,28)/t17-/m0/s1. The van der Waals surface area contributed by atoms with Gasteiger partial charge >= 0.3 is 5.97 Å². The van der Waals surface area contributed by atoms with Crippen molar-refractivity contribution in [2.24, 2.45) is 5.92 Å². The molecule has 0 bridgehead atoms. The third-order valence-electron chi connectivity index (χ3n) is 4.95. The van der Waals surface area contributed by atoms with Crippen molar-refractivity contribution in [1.82, 2.24) is 4.90 Å². The van der Waals surface area contributed by atoms with E-state index in [9.17, 15) is 29.3 Å². The summed E-state index contributed by atoms with van der Waals surface area (Å²) in [5, 5.41) is 13.5. The number of hydrogen-bond donors (Lipinski definition) is 1. The molecule has 0 spiro atoms. The molecule has 1 atom stereocenters. The number of nitro benzene ring substituents is 1. The Balaban J connectivity index is 1.72. The lowest BCUT2D eigenvalue weighted by atomic mass is 10.0. The van der Waals surface area contributed by atoms with Crippen molar-refractivity contribution in [3.63, 3.8) is 0 Å². The maximum Gasteiger partial charge on any atom is 0.329 e. The number of nitrogens with one attached hydrogen (secondary N) is 1. The van der Waals surface area contributed by atoms with Crippen LogP contribution in [0.15, 0.2) is 45.3 Å². The van der Waals surface area contributed by atoms with Gasteiger partial charge in [0.2, 0.25) is 0 Å². The summed E-state index contributed by atoms with van der Waals surface area (Å²) in [6.07, 6.45) is 0.158. The first kappa shape index (κ1) is 25.5. The first-order valence-corrected chi connectivity index (χ1v) is 11.7. The van der Waals surface area contributed by atoms with Crippen LogP contribution in [0.25, 0.3) is 0 Å². The molecular formula is C22H19Br2N3O7. The van der Waals surface area contributed by atoms with E-state index in [2.05, 4.69) is 37.2 Å². The number of esters is 1. The number of nitro groups is 1. The molecule has 0 saturated carbocycles. The number of hydrogen-bond acceptors (Lipinski definition) is 7. The van der Waals surface area contributed by atoms with Crippen LogP contribution < -0.4 is 5.32 Å².